The van der Waals surface area contributed by atoms with Crippen molar-refractivity contribution in [3.8, 4) is 0 Å². The van der Waals surface area contributed by atoms with Gasteiger partial charge in [-0.25, -0.2) is 0 Å². The summed E-state index contributed by atoms with van der Waals surface area (Å²) in [6, 6.07) is 2.07. The van der Waals surface area contributed by atoms with Gasteiger partial charge in [0.1, 0.15) is 5.78 Å². The molecule has 0 aromatic carbocycles. The third-order valence-electron chi connectivity index (χ3n) is 10.3. The second-order valence-corrected chi connectivity index (χ2v) is 11.8. The van der Waals surface area contributed by atoms with Gasteiger partial charge in [0.2, 0.25) is 0 Å². The zero-order valence-electron chi connectivity index (χ0n) is 18.9. The van der Waals surface area contributed by atoms with Crippen LogP contribution in [0.3, 0.4) is 0 Å². The minimum atomic E-state index is -0.897. The van der Waals surface area contributed by atoms with Gasteiger partial charge in [-0.3, -0.25) is 4.79 Å². The third kappa shape index (κ3) is 2.22. The first kappa shape index (κ1) is 20.5. The maximum atomic E-state index is 12.8. The lowest BCUT2D eigenvalue weighted by Gasteiger charge is -2.68. The molecule has 4 aliphatic carbocycles. The molecular formula is C26H36O4. The molecule has 0 aliphatic heterocycles. The molecule has 2 N–H and O–H groups in total. The number of Topliss-reactive ketones (excluding diaryl/α,β-unsaturated/α-hetero) is 1. The number of hydrogen-bond donors (Lipinski definition) is 2. The molecule has 8 atom stereocenters. The molecule has 1 aromatic heterocycles. The summed E-state index contributed by atoms with van der Waals surface area (Å²) in [5.74, 6) is 0.613. The van der Waals surface area contributed by atoms with Gasteiger partial charge in [-0.1, -0.05) is 46.3 Å². The summed E-state index contributed by atoms with van der Waals surface area (Å²) < 4.78 is 5.40. The van der Waals surface area contributed by atoms with E-state index < -0.39 is 23.0 Å². The van der Waals surface area contributed by atoms with Crippen molar-refractivity contribution < 1.29 is 19.4 Å². The zero-order valence-corrected chi connectivity index (χ0v) is 18.9. The molecule has 5 rings (SSSR count). The summed E-state index contributed by atoms with van der Waals surface area (Å²) in [4.78, 5) is 12.8. The van der Waals surface area contributed by atoms with Crippen molar-refractivity contribution >= 4 is 5.78 Å². The Bertz CT molecular complexity index is 898. The number of hydrogen-bond acceptors (Lipinski definition) is 4. The molecule has 4 heteroatoms. The van der Waals surface area contributed by atoms with Crippen molar-refractivity contribution in [1.82, 2.24) is 0 Å². The minimum Gasteiger partial charge on any atom is -0.472 e. The van der Waals surface area contributed by atoms with Gasteiger partial charge >= 0.3 is 0 Å². The normalized spacial score (nSPS) is 49.8. The van der Waals surface area contributed by atoms with Gasteiger partial charge in [-0.05, 0) is 60.0 Å². The maximum Gasteiger partial charge on any atom is 0.138 e. The van der Waals surface area contributed by atoms with Crippen LogP contribution in [0.2, 0.25) is 0 Å². The van der Waals surface area contributed by atoms with Gasteiger partial charge in [0.15, 0.2) is 0 Å². The summed E-state index contributed by atoms with van der Waals surface area (Å²) in [6.07, 6.45) is 8.60. The molecule has 1 aromatic rings. The second-order valence-electron chi connectivity index (χ2n) is 11.8. The SMILES string of the molecule is CC1(C)C(=O)CC[C@]2(C)[C@H]3CC[C@]4(C)C(=CC[C@H]4c4ccoc4)[C@]3(C)[C@H](O)[C@H](O)[C@@H]12. The molecule has 0 bridgehead atoms. The predicted molar refractivity (Wildman–Crippen MR) is 115 cm³/mol. The fourth-order valence-corrected chi connectivity index (χ4v) is 8.95. The van der Waals surface area contributed by atoms with Crippen LogP contribution < -0.4 is 0 Å². The molecular weight excluding hydrogens is 376 g/mol. The van der Waals surface area contributed by atoms with Gasteiger partial charge in [0.25, 0.3) is 0 Å². The number of allylic oxidation sites excluding steroid dienone is 1. The monoisotopic (exact) mass is 412 g/mol. The first-order valence-corrected chi connectivity index (χ1v) is 11.6. The van der Waals surface area contributed by atoms with E-state index in [1.54, 1.807) is 6.26 Å². The lowest BCUT2D eigenvalue weighted by molar-refractivity contribution is -0.237. The van der Waals surface area contributed by atoms with Gasteiger partial charge < -0.3 is 14.6 Å². The van der Waals surface area contributed by atoms with E-state index in [-0.39, 0.29) is 28.4 Å². The Balaban J connectivity index is 1.61. The summed E-state index contributed by atoms with van der Waals surface area (Å²) in [7, 11) is 0. The third-order valence-corrected chi connectivity index (χ3v) is 10.3. The molecule has 0 spiro atoms. The van der Waals surface area contributed by atoms with Crippen molar-refractivity contribution in [1.29, 1.82) is 0 Å². The van der Waals surface area contributed by atoms with E-state index in [9.17, 15) is 15.0 Å². The van der Waals surface area contributed by atoms with E-state index in [1.165, 1.54) is 11.1 Å². The van der Waals surface area contributed by atoms with Crippen LogP contribution in [0.1, 0.15) is 78.2 Å². The van der Waals surface area contributed by atoms with Crippen molar-refractivity contribution in [3.63, 3.8) is 0 Å². The van der Waals surface area contributed by atoms with Crippen LogP contribution in [-0.4, -0.2) is 28.2 Å². The Morgan fingerprint density at radius 1 is 1.10 bits per heavy atom. The van der Waals surface area contributed by atoms with Gasteiger partial charge in [0, 0.05) is 23.2 Å². The molecule has 3 saturated carbocycles. The molecule has 4 nitrogen and oxygen atoms in total. The average molecular weight is 413 g/mol. The quantitative estimate of drug-likeness (QED) is 0.646. The number of rotatable bonds is 1. The van der Waals surface area contributed by atoms with Gasteiger partial charge in [-0.15, -0.1) is 0 Å². The van der Waals surface area contributed by atoms with E-state index in [0.717, 1.165) is 25.7 Å². The van der Waals surface area contributed by atoms with Crippen LogP contribution in [-0.2, 0) is 4.79 Å². The van der Waals surface area contributed by atoms with Crippen molar-refractivity contribution in [2.75, 3.05) is 0 Å². The molecule has 3 fully saturated rings. The van der Waals surface area contributed by atoms with Crippen LogP contribution in [0.4, 0.5) is 0 Å². The highest BCUT2D eigenvalue weighted by Gasteiger charge is 2.70. The molecule has 164 valence electrons. The first-order valence-electron chi connectivity index (χ1n) is 11.6. The van der Waals surface area contributed by atoms with Crippen LogP contribution in [0.25, 0.3) is 0 Å². The van der Waals surface area contributed by atoms with Crippen molar-refractivity contribution in [2.45, 2.75) is 84.8 Å². The fraction of sp³-hybridized carbons (Fsp3) is 0.731. The lowest BCUT2D eigenvalue weighted by atomic mass is 9.36. The summed E-state index contributed by atoms with van der Waals surface area (Å²) in [6.45, 7) is 10.8. The number of ketones is 1. The predicted octanol–water partition coefficient (Wildman–Crippen LogP) is 4.86. The maximum absolute atomic E-state index is 12.8. The second kappa shape index (κ2) is 6.10. The number of carbonyl (C=O) groups excluding carboxylic acids is 1. The standard InChI is InChI=1S/C26H36O4/c1-23(2)19(27)9-12-25(4)18-8-11-24(3)16(15-10-13-30-14-15)6-7-17(24)26(18,5)22(29)20(28)21(23)25/h7,10,13-14,16,18,20-22,28-29H,6,8-9,11-12H2,1-5H3/t16-,18+,20+,21-,22+,24-,25+,26-/m0/s1. The first-order chi connectivity index (χ1) is 14.0. The number of aliphatic hydroxyl groups is 2. The Labute approximate surface area is 179 Å². The van der Waals surface area contributed by atoms with E-state index >= 15 is 0 Å². The topological polar surface area (TPSA) is 70.7 Å². The molecule has 1 heterocycles. The Kier molecular flexibility index (Phi) is 4.17. The number of fused-ring (bicyclic) bond motifs is 5. The molecule has 0 radical (unpaired) electrons. The summed E-state index contributed by atoms with van der Waals surface area (Å²) in [5.41, 5.74) is 1.24. The van der Waals surface area contributed by atoms with Crippen LogP contribution in [0.15, 0.2) is 34.7 Å². The summed E-state index contributed by atoms with van der Waals surface area (Å²) in [5, 5.41) is 23.2. The molecule has 0 saturated heterocycles. The fourth-order valence-electron chi connectivity index (χ4n) is 8.95. The molecule has 4 aliphatic rings. The highest BCUT2D eigenvalue weighted by atomic mass is 16.3. The Hall–Kier alpha value is -1.39. The average Bonchev–Trinajstić information content (AvgIpc) is 3.31. The molecule has 0 unspecified atom stereocenters. The van der Waals surface area contributed by atoms with Gasteiger partial charge in [-0.2, -0.15) is 0 Å². The van der Waals surface area contributed by atoms with Gasteiger partial charge in [0.05, 0.1) is 24.7 Å². The Morgan fingerprint density at radius 2 is 1.83 bits per heavy atom. The molecule has 0 amide bonds. The van der Waals surface area contributed by atoms with Crippen LogP contribution in [0, 0.1) is 33.5 Å². The number of carbonyl (C=O) groups is 1. The number of aliphatic hydroxyl groups excluding tert-OH is 2. The largest absolute Gasteiger partial charge is 0.472 e. The van der Waals surface area contributed by atoms with Crippen molar-refractivity contribution in [3.05, 3.63) is 35.8 Å². The highest BCUT2D eigenvalue weighted by molar-refractivity contribution is 5.85. The number of furan rings is 1. The van der Waals surface area contributed by atoms with Crippen LogP contribution in [0.5, 0.6) is 0 Å². The van der Waals surface area contributed by atoms with E-state index in [2.05, 4.69) is 32.9 Å². The lowest BCUT2D eigenvalue weighted by Crippen LogP contribution is -2.70. The van der Waals surface area contributed by atoms with Crippen molar-refractivity contribution in [2.24, 2.45) is 33.5 Å². The van der Waals surface area contributed by atoms with Crippen LogP contribution >= 0.6 is 0 Å². The van der Waals surface area contributed by atoms with E-state index in [0.29, 0.717) is 12.3 Å². The van der Waals surface area contributed by atoms with E-state index in [4.69, 9.17) is 4.42 Å². The zero-order chi connectivity index (χ0) is 21.7. The smallest absolute Gasteiger partial charge is 0.138 e. The summed E-state index contributed by atoms with van der Waals surface area (Å²) >= 11 is 0. The Morgan fingerprint density at radius 3 is 2.50 bits per heavy atom. The highest BCUT2D eigenvalue weighted by Crippen LogP contribution is 2.73. The van der Waals surface area contributed by atoms with E-state index in [1.807, 2.05) is 20.1 Å². The minimum absolute atomic E-state index is 0.0426. The molecule has 30 heavy (non-hydrogen) atoms.